The van der Waals surface area contributed by atoms with Crippen LogP contribution >= 0.6 is 0 Å². The quantitative estimate of drug-likeness (QED) is 0.332. The van der Waals surface area contributed by atoms with Crippen LogP contribution in [0.1, 0.15) is 11.1 Å². The van der Waals surface area contributed by atoms with Crippen molar-refractivity contribution in [3.05, 3.63) is 82.2 Å². The molecule has 4 rings (SSSR count). The largest absolute Gasteiger partial charge is 0.493 e. The highest BCUT2D eigenvalue weighted by Gasteiger charge is 2.12. The molecule has 0 amide bonds. The van der Waals surface area contributed by atoms with Gasteiger partial charge in [0.05, 0.1) is 14.2 Å². The van der Waals surface area contributed by atoms with Crippen LogP contribution in [0, 0.1) is 0 Å². The fourth-order valence-corrected chi connectivity index (χ4v) is 3.87. The Labute approximate surface area is 175 Å². The molecule has 0 saturated carbocycles. The molecule has 0 atom stereocenters. The molecule has 5 heteroatoms. The number of fused-ring (bicyclic) bond motifs is 3. The fourth-order valence-electron chi connectivity index (χ4n) is 3.87. The van der Waals surface area contributed by atoms with Crippen molar-refractivity contribution >= 4 is 21.7 Å². The van der Waals surface area contributed by atoms with Crippen molar-refractivity contribution < 1.29 is 13.9 Å². The Morgan fingerprint density at radius 2 is 1.73 bits per heavy atom. The average molecular weight is 403 g/mol. The number of methoxy groups -OCH3 is 2. The van der Waals surface area contributed by atoms with Crippen molar-refractivity contribution in [2.45, 2.75) is 13.0 Å². The summed E-state index contributed by atoms with van der Waals surface area (Å²) >= 11 is 0. The summed E-state index contributed by atoms with van der Waals surface area (Å²) in [4.78, 5) is 14.3. The molecule has 0 spiro atoms. The molecule has 0 N–H and O–H groups in total. The topological polar surface area (TPSA) is 51.9 Å². The Morgan fingerprint density at radius 1 is 0.933 bits per heavy atom. The van der Waals surface area contributed by atoms with E-state index in [0.29, 0.717) is 12.1 Å². The van der Waals surface area contributed by atoms with Crippen molar-refractivity contribution in [3.63, 3.8) is 0 Å². The highest BCUT2D eigenvalue weighted by molar-refractivity contribution is 6.07. The minimum atomic E-state index is -0.318. The van der Waals surface area contributed by atoms with Crippen molar-refractivity contribution in [3.8, 4) is 11.5 Å². The maximum Gasteiger partial charge on any atom is 0.336 e. The molecule has 3 aromatic carbocycles. The van der Waals surface area contributed by atoms with E-state index in [1.807, 2.05) is 36.4 Å². The molecule has 0 aliphatic heterocycles. The summed E-state index contributed by atoms with van der Waals surface area (Å²) in [6, 6.07) is 19.6. The number of rotatable bonds is 7. The summed E-state index contributed by atoms with van der Waals surface area (Å²) < 4.78 is 16.2. The maximum absolute atomic E-state index is 12.1. The van der Waals surface area contributed by atoms with Crippen LogP contribution in [-0.4, -0.2) is 32.7 Å². The van der Waals surface area contributed by atoms with Crippen LogP contribution in [0.4, 0.5) is 0 Å². The van der Waals surface area contributed by atoms with Crippen molar-refractivity contribution in [1.29, 1.82) is 0 Å². The monoisotopic (exact) mass is 403 g/mol. The number of ether oxygens (including phenoxy) is 2. The highest BCUT2D eigenvalue weighted by Crippen LogP contribution is 2.29. The zero-order chi connectivity index (χ0) is 21.1. The van der Waals surface area contributed by atoms with Gasteiger partial charge in [-0.15, -0.1) is 0 Å². The molecule has 4 aromatic rings. The lowest BCUT2D eigenvalue weighted by atomic mass is 10.0. The van der Waals surface area contributed by atoms with Crippen molar-refractivity contribution in [2.75, 3.05) is 27.8 Å². The first-order chi connectivity index (χ1) is 14.6. The van der Waals surface area contributed by atoms with Gasteiger partial charge in [-0.2, -0.15) is 0 Å². The second-order valence-electron chi connectivity index (χ2n) is 7.43. The van der Waals surface area contributed by atoms with Gasteiger partial charge in [-0.25, -0.2) is 4.79 Å². The Morgan fingerprint density at radius 3 is 2.53 bits per heavy atom. The molecular formula is C25H25NO4. The maximum atomic E-state index is 12.1. The van der Waals surface area contributed by atoms with Crippen LogP contribution in [0.15, 0.2) is 69.9 Å². The molecular weight excluding hydrogens is 378 g/mol. The Kier molecular flexibility index (Phi) is 5.72. The SMILES string of the molecule is COc1ccc(CCN(C)Cc2cc(=O)oc3ccc4ccccc4c23)cc1OC. The number of likely N-dealkylation sites (N-methyl/N-ethyl adjacent to an activating group) is 1. The third kappa shape index (κ3) is 4.02. The average Bonchev–Trinajstić information content (AvgIpc) is 2.76. The standard InChI is InChI=1S/C25H25NO4/c1-26(13-12-17-8-10-21(28-2)23(14-17)29-3)16-19-15-24(27)30-22-11-9-18-6-4-5-7-20(18)25(19)22/h4-11,14-15H,12-13,16H2,1-3H3. The zero-order valence-corrected chi connectivity index (χ0v) is 17.5. The van der Waals surface area contributed by atoms with Crippen LogP contribution in [0.3, 0.4) is 0 Å². The van der Waals surface area contributed by atoms with Crippen LogP contribution in [-0.2, 0) is 13.0 Å². The van der Waals surface area contributed by atoms with Gasteiger partial charge in [-0.05, 0) is 53.6 Å². The van der Waals surface area contributed by atoms with Crippen LogP contribution in [0.5, 0.6) is 11.5 Å². The summed E-state index contributed by atoms with van der Waals surface area (Å²) in [7, 11) is 5.34. The minimum absolute atomic E-state index is 0.318. The van der Waals surface area contributed by atoms with E-state index >= 15 is 0 Å². The lowest BCUT2D eigenvalue weighted by Crippen LogP contribution is -2.21. The van der Waals surface area contributed by atoms with Gasteiger partial charge < -0.3 is 18.8 Å². The summed E-state index contributed by atoms with van der Waals surface area (Å²) in [5, 5.41) is 3.24. The van der Waals surface area contributed by atoms with E-state index in [0.717, 1.165) is 46.2 Å². The molecule has 5 nitrogen and oxygen atoms in total. The van der Waals surface area contributed by atoms with E-state index in [-0.39, 0.29) is 5.63 Å². The van der Waals surface area contributed by atoms with Gasteiger partial charge in [0.15, 0.2) is 11.5 Å². The second-order valence-corrected chi connectivity index (χ2v) is 7.43. The fraction of sp³-hybridized carbons (Fsp3) is 0.240. The predicted octanol–water partition coefficient (Wildman–Crippen LogP) is 4.64. The molecule has 0 aliphatic rings. The van der Waals surface area contributed by atoms with Crippen LogP contribution in [0.2, 0.25) is 0 Å². The normalized spacial score (nSPS) is 11.3. The molecule has 0 aliphatic carbocycles. The minimum Gasteiger partial charge on any atom is -0.493 e. The highest BCUT2D eigenvalue weighted by atomic mass is 16.5. The predicted molar refractivity (Wildman–Crippen MR) is 120 cm³/mol. The summed E-state index contributed by atoms with van der Waals surface area (Å²) in [5.41, 5.74) is 2.46. The number of benzene rings is 3. The Hall–Kier alpha value is -3.31. The number of hydrogen-bond donors (Lipinski definition) is 0. The van der Waals surface area contributed by atoms with Gasteiger partial charge in [0.25, 0.3) is 0 Å². The van der Waals surface area contributed by atoms with Gasteiger partial charge >= 0.3 is 5.63 Å². The summed E-state index contributed by atoms with van der Waals surface area (Å²) in [5.74, 6) is 1.46. The van der Waals surface area contributed by atoms with E-state index < -0.39 is 0 Å². The van der Waals surface area contributed by atoms with Gasteiger partial charge in [-0.1, -0.05) is 36.4 Å². The van der Waals surface area contributed by atoms with Crippen molar-refractivity contribution in [2.24, 2.45) is 0 Å². The van der Waals surface area contributed by atoms with Gasteiger partial charge in [0, 0.05) is 24.5 Å². The third-order valence-corrected chi connectivity index (χ3v) is 5.38. The Balaban J connectivity index is 1.58. The molecule has 30 heavy (non-hydrogen) atoms. The molecule has 1 heterocycles. The molecule has 0 radical (unpaired) electrons. The first kappa shape index (κ1) is 20.0. The van der Waals surface area contributed by atoms with Gasteiger partial charge in [0.2, 0.25) is 0 Å². The molecule has 0 fully saturated rings. The van der Waals surface area contributed by atoms with Gasteiger partial charge in [-0.3, -0.25) is 0 Å². The van der Waals surface area contributed by atoms with E-state index in [4.69, 9.17) is 13.9 Å². The first-order valence-electron chi connectivity index (χ1n) is 9.93. The van der Waals surface area contributed by atoms with Crippen LogP contribution < -0.4 is 15.1 Å². The van der Waals surface area contributed by atoms with E-state index in [2.05, 4.69) is 30.1 Å². The summed E-state index contributed by atoms with van der Waals surface area (Å²) in [6.07, 6.45) is 0.858. The smallest absolute Gasteiger partial charge is 0.336 e. The molecule has 0 saturated heterocycles. The lowest BCUT2D eigenvalue weighted by molar-refractivity contribution is 0.330. The van der Waals surface area contributed by atoms with Crippen molar-refractivity contribution in [1.82, 2.24) is 4.90 Å². The zero-order valence-electron chi connectivity index (χ0n) is 17.5. The van der Waals surface area contributed by atoms with E-state index in [1.54, 1.807) is 20.3 Å². The van der Waals surface area contributed by atoms with E-state index in [1.165, 1.54) is 5.56 Å². The third-order valence-electron chi connectivity index (χ3n) is 5.38. The Bertz CT molecular complexity index is 1250. The molecule has 0 bridgehead atoms. The molecule has 154 valence electrons. The molecule has 0 unspecified atom stereocenters. The summed E-state index contributed by atoms with van der Waals surface area (Å²) in [6.45, 7) is 1.49. The van der Waals surface area contributed by atoms with Gasteiger partial charge in [0.1, 0.15) is 5.58 Å². The lowest BCUT2D eigenvalue weighted by Gasteiger charge is -2.18. The first-order valence-corrected chi connectivity index (χ1v) is 9.93. The number of hydrogen-bond acceptors (Lipinski definition) is 5. The molecule has 1 aromatic heterocycles. The van der Waals surface area contributed by atoms with Crippen LogP contribution in [0.25, 0.3) is 21.7 Å². The second kappa shape index (κ2) is 8.59. The number of nitrogens with zero attached hydrogens (tertiary/aromatic N) is 1. The van der Waals surface area contributed by atoms with E-state index in [9.17, 15) is 4.79 Å².